The van der Waals surface area contributed by atoms with Crippen LogP contribution in [0.3, 0.4) is 0 Å². The fraction of sp³-hybridized carbons (Fsp3) is 0.556. The highest BCUT2D eigenvalue weighted by Crippen LogP contribution is 2.26. The summed E-state index contributed by atoms with van der Waals surface area (Å²) in [7, 11) is 0. The van der Waals surface area contributed by atoms with Crippen molar-refractivity contribution in [3.8, 4) is 0 Å². The maximum atomic E-state index is 11.8. The molecule has 0 saturated heterocycles. The normalized spacial score (nSPS) is 12.0. The first-order valence-corrected chi connectivity index (χ1v) is 7.68. The lowest BCUT2D eigenvalue weighted by Gasteiger charge is -2.23. The molecular weight excluding hydrogens is 278 g/mol. The number of rotatable bonds is 7. The van der Waals surface area contributed by atoms with Gasteiger partial charge in [0, 0.05) is 13.0 Å². The number of hydrogen-bond acceptors (Lipinski definition) is 2. The Morgan fingerprint density at radius 1 is 1.09 bits per heavy atom. The van der Waals surface area contributed by atoms with Gasteiger partial charge in [-0.05, 0) is 36.8 Å². The van der Waals surface area contributed by atoms with E-state index in [0.717, 1.165) is 12.0 Å². The number of carbonyl (C=O) groups is 2. The van der Waals surface area contributed by atoms with Crippen LogP contribution in [0.25, 0.3) is 0 Å². The number of carboxylic acid groups (broad SMARTS) is 1. The average molecular weight is 305 g/mol. The van der Waals surface area contributed by atoms with Crippen LogP contribution in [-0.2, 0) is 21.5 Å². The average Bonchev–Trinajstić information content (AvgIpc) is 2.45. The van der Waals surface area contributed by atoms with E-state index in [0.29, 0.717) is 6.54 Å². The van der Waals surface area contributed by atoms with Gasteiger partial charge in [0.05, 0.1) is 5.41 Å². The molecule has 0 saturated carbocycles. The summed E-state index contributed by atoms with van der Waals surface area (Å²) in [5.41, 5.74) is 1.39. The Labute approximate surface area is 132 Å². The molecule has 4 heteroatoms. The van der Waals surface area contributed by atoms with Crippen molar-refractivity contribution in [2.45, 2.75) is 59.4 Å². The summed E-state index contributed by atoms with van der Waals surface area (Å²) in [6.45, 7) is 10.1. The van der Waals surface area contributed by atoms with Gasteiger partial charge in [-0.2, -0.15) is 0 Å². The highest BCUT2D eigenvalue weighted by atomic mass is 16.4. The first kappa shape index (κ1) is 18.2. The minimum atomic E-state index is -1.04. The molecule has 122 valence electrons. The maximum Gasteiger partial charge on any atom is 0.309 e. The summed E-state index contributed by atoms with van der Waals surface area (Å²) in [6.07, 6.45) is 1.04. The molecule has 0 radical (unpaired) electrons. The van der Waals surface area contributed by atoms with Gasteiger partial charge in [-0.3, -0.25) is 9.59 Å². The molecule has 0 aliphatic heterocycles. The summed E-state index contributed by atoms with van der Waals surface area (Å²) >= 11 is 0. The Kier molecular flexibility index (Phi) is 5.75. The predicted molar refractivity (Wildman–Crippen MR) is 87.6 cm³/mol. The molecule has 1 amide bonds. The molecular formula is C18H27NO3. The van der Waals surface area contributed by atoms with Gasteiger partial charge in [-0.15, -0.1) is 0 Å². The van der Waals surface area contributed by atoms with Crippen LogP contribution in [0.1, 0.15) is 58.6 Å². The maximum absolute atomic E-state index is 11.8. The standard InChI is InChI=1S/C18H27NO3/c1-6-17(2,3)14-9-7-13(8-10-14)12-19-15(20)11-18(4,5)16(21)22/h7-10H,6,11-12H2,1-5H3,(H,19,20)(H,21,22). The van der Waals surface area contributed by atoms with E-state index in [2.05, 4.69) is 38.2 Å². The Morgan fingerprint density at radius 2 is 1.64 bits per heavy atom. The van der Waals surface area contributed by atoms with Gasteiger partial charge in [-0.1, -0.05) is 45.0 Å². The lowest BCUT2D eigenvalue weighted by atomic mass is 9.82. The molecule has 2 N–H and O–H groups in total. The first-order chi connectivity index (χ1) is 10.1. The quantitative estimate of drug-likeness (QED) is 0.810. The third kappa shape index (κ3) is 4.86. The van der Waals surface area contributed by atoms with Crippen LogP contribution in [0.5, 0.6) is 0 Å². The molecule has 0 unspecified atom stereocenters. The monoisotopic (exact) mass is 305 g/mol. The third-order valence-electron chi connectivity index (χ3n) is 4.29. The highest BCUT2D eigenvalue weighted by Gasteiger charge is 2.29. The summed E-state index contributed by atoms with van der Waals surface area (Å²) < 4.78 is 0. The van der Waals surface area contributed by atoms with Crippen LogP contribution in [0.4, 0.5) is 0 Å². The largest absolute Gasteiger partial charge is 0.481 e. The zero-order valence-corrected chi connectivity index (χ0v) is 14.2. The van der Waals surface area contributed by atoms with Crippen molar-refractivity contribution in [2.75, 3.05) is 0 Å². The fourth-order valence-electron chi connectivity index (χ4n) is 2.02. The van der Waals surface area contributed by atoms with E-state index in [1.54, 1.807) is 13.8 Å². The van der Waals surface area contributed by atoms with Crippen LogP contribution in [0.2, 0.25) is 0 Å². The second-order valence-electron chi connectivity index (χ2n) is 7.08. The van der Waals surface area contributed by atoms with Crippen molar-refractivity contribution in [1.82, 2.24) is 5.32 Å². The van der Waals surface area contributed by atoms with Gasteiger partial charge < -0.3 is 10.4 Å². The van der Waals surface area contributed by atoms with E-state index >= 15 is 0 Å². The van der Waals surface area contributed by atoms with Crippen LogP contribution in [-0.4, -0.2) is 17.0 Å². The van der Waals surface area contributed by atoms with Crippen LogP contribution in [0.15, 0.2) is 24.3 Å². The molecule has 0 aliphatic carbocycles. The van der Waals surface area contributed by atoms with Crippen molar-refractivity contribution in [3.05, 3.63) is 35.4 Å². The number of carboxylic acids is 1. The number of hydrogen-bond donors (Lipinski definition) is 2. The summed E-state index contributed by atoms with van der Waals surface area (Å²) in [4.78, 5) is 22.8. The second-order valence-corrected chi connectivity index (χ2v) is 7.08. The fourth-order valence-corrected chi connectivity index (χ4v) is 2.02. The van der Waals surface area contributed by atoms with E-state index < -0.39 is 11.4 Å². The van der Waals surface area contributed by atoms with E-state index in [1.807, 2.05) is 12.1 Å². The zero-order valence-electron chi connectivity index (χ0n) is 14.2. The molecule has 0 fully saturated rings. The van der Waals surface area contributed by atoms with Crippen LogP contribution < -0.4 is 5.32 Å². The number of nitrogens with one attached hydrogen (secondary N) is 1. The number of benzene rings is 1. The lowest BCUT2D eigenvalue weighted by Crippen LogP contribution is -2.33. The number of aliphatic carboxylic acids is 1. The molecule has 0 aromatic heterocycles. The van der Waals surface area contributed by atoms with Gasteiger partial charge >= 0.3 is 5.97 Å². The molecule has 1 rings (SSSR count). The molecule has 1 aromatic rings. The minimum absolute atomic E-state index is 0.0245. The van der Waals surface area contributed by atoms with E-state index in [-0.39, 0.29) is 17.7 Å². The van der Waals surface area contributed by atoms with Crippen molar-refractivity contribution < 1.29 is 14.7 Å². The molecule has 0 spiro atoms. The smallest absolute Gasteiger partial charge is 0.309 e. The highest BCUT2D eigenvalue weighted by molar-refractivity contribution is 5.84. The third-order valence-corrected chi connectivity index (χ3v) is 4.29. The molecule has 0 aliphatic rings. The van der Waals surface area contributed by atoms with Gasteiger partial charge in [0.25, 0.3) is 0 Å². The summed E-state index contributed by atoms with van der Waals surface area (Å²) in [5, 5.41) is 11.8. The Bertz CT molecular complexity index is 530. The minimum Gasteiger partial charge on any atom is -0.481 e. The van der Waals surface area contributed by atoms with Crippen molar-refractivity contribution in [1.29, 1.82) is 0 Å². The molecule has 0 atom stereocenters. The predicted octanol–water partition coefficient (Wildman–Crippen LogP) is 3.49. The Morgan fingerprint density at radius 3 is 2.09 bits per heavy atom. The molecule has 0 bridgehead atoms. The van der Waals surface area contributed by atoms with Crippen molar-refractivity contribution in [3.63, 3.8) is 0 Å². The molecule has 1 aromatic carbocycles. The summed E-state index contributed by atoms with van der Waals surface area (Å²) in [5.74, 6) is -1.21. The van der Waals surface area contributed by atoms with Gasteiger partial charge in [0.2, 0.25) is 5.91 Å². The van der Waals surface area contributed by atoms with Crippen molar-refractivity contribution in [2.24, 2.45) is 5.41 Å². The van der Waals surface area contributed by atoms with Crippen LogP contribution >= 0.6 is 0 Å². The van der Waals surface area contributed by atoms with E-state index in [4.69, 9.17) is 5.11 Å². The number of carbonyl (C=O) groups excluding carboxylic acids is 1. The molecule has 4 nitrogen and oxygen atoms in total. The van der Waals surface area contributed by atoms with Gasteiger partial charge in [0.1, 0.15) is 0 Å². The Balaban J connectivity index is 2.59. The summed E-state index contributed by atoms with van der Waals surface area (Å²) in [6, 6.07) is 8.20. The van der Waals surface area contributed by atoms with E-state index in [9.17, 15) is 9.59 Å². The Hall–Kier alpha value is -1.84. The van der Waals surface area contributed by atoms with Crippen LogP contribution in [0, 0.1) is 5.41 Å². The van der Waals surface area contributed by atoms with E-state index in [1.165, 1.54) is 5.56 Å². The number of amides is 1. The van der Waals surface area contributed by atoms with Gasteiger partial charge in [0.15, 0.2) is 0 Å². The van der Waals surface area contributed by atoms with Crippen molar-refractivity contribution >= 4 is 11.9 Å². The topological polar surface area (TPSA) is 66.4 Å². The molecule has 22 heavy (non-hydrogen) atoms. The first-order valence-electron chi connectivity index (χ1n) is 7.68. The van der Waals surface area contributed by atoms with Gasteiger partial charge in [-0.25, -0.2) is 0 Å². The lowest BCUT2D eigenvalue weighted by molar-refractivity contribution is -0.149. The second kappa shape index (κ2) is 6.95. The zero-order chi connectivity index (χ0) is 17.0. The molecule has 0 heterocycles. The SMILES string of the molecule is CCC(C)(C)c1ccc(CNC(=O)CC(C)(C)C(=O)O)cc1.